The minimum atomic E-state index is -3.37. The molecule has 2 aromatic heterocycles. The zero-order chi connectivity index (χ0) is 24.6. The third kappa shape index (κ3) is 4.65. The van der Waals surface area contributed by atoms with Crippen LogP contribution >= 0.6 is 12.2 Å². The first-order valence-corrected chi connectivity index (χ1v) is 13.4. The number of thiocarbonyl (C=S) groups is 1. The molecule has 1 aliphatic heterocycles. The highest BCUT2D eigenvalue weighted by molar-refractivity contribution is 7.92. The monoisotopic (exact) mass is 503 g/mol. The van der Waals surface area contributed by atoms with Gasteiger partial charge in [-0.15, -0.1) is 0 Å². The molecule has 7 nitrogen and oxygen atoms in total. The molecule has 0 bridgehead atoms. The molecular weight excluding hydrogens is 478 g/mol. The standard InChI is InChI=1S/C26H25N5O2S2/c1-18-11-16-23(30(18)20-8-4-3-5-9-20)25-24(22-10-6-7-17-27-22)28-26(34)31(25)21-14-12-19(13-15-21)29-35(2,32)33/h3-17,24-25,29H,1-2H3,(H,28,34). The van der Waals surface area contributed by atoms with Crippen LogP contribution in [0, 0.1) is 6.92 Å². The SMILES string of the molecule is Cc1ccc(C2C(c3ccccn3)NC(=S)N2c2ccc(NS(C)(=O)=O)cc2)n1-c1ccccc1. The minimum absolute atomic E-state index is 0.186. The van der Waals surface area contributed by atoms with Gasteiger partial charge in [-0.2, -0.15) is 0 Å². The minimum Gasteiger partial charge on any atom is -0.351 e. The molecule has 35 heavy (non-hydrogen) atoms. The fraction of sp³-hybridized carbons (Fsp3) is 0.154. The largest absolute Gasteiger partial charge is 0.351 e. The number of sulfonamides is 1. The van der Waals surface area contributed by atoms with Gasteiger partial charge in [-0.25, -0.2) is 8.42 Å². The van der Waals surface area contributed by atoms with Crippen molar-refractivity contribution in [1.29, 1.82) is 0 Å². The quantitative estimate of drug-likeness (QED) is 0.371. The van der Waals surface area contributed by atoms with Gasteiger partial charge in [0.1, 0.15) is 6.04 Å². The van der Waals surface area contributed by atoms with Crippen LogP contribution in [0.3, 0.4) is 0 Å². The van der Waals surface area contributed by atoms with Crippen LogP contribution in [0.5, 0.6) is 0 Å². The Bertz CT molecular complexity index is 1450. The van der Waals surface area contributed by atoms with E-state index in [1.54, 1.807) is 18.3 Å². The van der Waals surface area contributed by atoms with Crippen LogP contribution in [0.4, 0.5) is 11.4 Å². The van der Waals surface area contributed by atoms with Crippen molar-refractivity contribution < 1.29 is 8.42 Å². The van der Waals surface area contributed by atoms with E-state index >= 15 is 0 Å². The van der Waals surface area contributed by atoms with Crippen LogP contribution in [0.2, 0.25) is 0 Å². The molecule has 2 aromatic carbocycles. The van der Waals surface area contributed by atoms with Crippen LogP contribution < -0.4 is 14.9 Å². The number of aromatic nitrogens is 2. The van der Waals surface area contributed by atoms with Gasteiger partial charge in [0.2, 0.25) is 10.0 Å². The maximum absolute atomic E-state index is 11.6. The third-order valence-corrected chi connectivity index (χ3v) is 6.89. The molecule has 0 radical (unpaired) electrons. The first-order valence-electron chi connectivity index (χ1n) is 11.1. The van der Waals surface area contributed by atoms with Crippen molar-refractivity contribution in [3.8, 4) is 5.69 Å². The smallest absolute Gasteiger partial charge is 0.229 e. The molecule has 0 spiro atoms. The lowest BCUT2D eigenvalue weighted by Gasteiger charge is -2.29. The van der Waals surface area contributed by atoms with E-state index in [0.29, 0.717) is 10.8 Å². The molecule has 2 atom stereocenters. The van der Waals surface area contributed by atoms with Gasteiger partial charge < -0.3 is 14.8 Å². The number of nitrogens with one attached hydrogen (secondary N) is 2. The second-order valence-corrected chi connectivity index (χ2v) is 10.6. The van der Waals surface area contributed by atoms with Gasteiger partial charge in [0, 0.05) is 34.6 Å². The summed E-state index contributed by atoms with van der Waals surface area (Å²) in [5, 5.41) is 4.05. The molecule has 2 N–H and O–H groups in total. The zero-order valence-corrected chi connectivity index (χ0v) is 20.9. The molecule has 1 saturated heterocycles. The summed E-state index contributed by atoms with van der Waals surface area (Å²) in [6, 6.07) is 27.2. The predicted octanol–water partition coefficient (Wildman–Crippen LogP) is 4.73. The first-order chi connectivity index (χ1) is 16.8. The van der Waals surface area contributed by atoms with Crippen molar-refractivity contribution in [1.82, 2.24) is 14.9 Å². The molecule has 3 heterocycles. The topological polar surface area (TPSA) is 79.3 Å². The normalized spacial score (nSPS) is 17.9. The van der Waals surface area contributed by atoms with E-state index in [0.717, 1.165) is 34.7 Å². The van der Waals surface area contributed by atoms with E-state index in [4.69, 9.17) is 12.2 Å². The molecule has 0 amide bonds. The molecule has 1 aliphatic rings. The number of pyridine rings is 1. The summed E-state index contributed by atoms with van der Waals surface area (Å²) in [5.41, 5.74) is 5.47. The maximum atomic E-state index is 11.6. The summed E-state index contributed by atoms with van der Waals surface area (Å²) in [5.74, 6) is 0. The Kier molecular flexibility index (Phi) is 6.04. The van der Waals surface area contributed by atoms with Crippen molar-refractivity contribution in [2.24, 2.45) is 0 Å². The van der Waals surface area contributed by atoms with E-state index in [1.165, 1.54) is 0 Å². The molecule has 0 aliphatic carbocycles. The summed E-state index contributed by atoms with van der Waals surface area (Å²) in [6.45, 7) is 2.09. The van der Waals surface area contributed by atoms with Crippen molar-refractivity contribution in [2.45, 2.75) is 19.0 Å². The van der Waals surface area contributed by atoms with E-state index in [1.807, 2.05) is 48.5 Å². The number of para-hydroxylation sites is 1. The van der Waals surface area contributed by atoms with Gasteiger partial charge in [-0.1, -0.05) is 24.3 Å². The summed E-state index contributed by atoms with van der Waals surface area (Å²) in [6.07, 6.45) is 2.92. The fourth-order valence-corrected chi connectivity index (χ4v) is 5.47. The van der Waals surface area contributed by atoms with Crippen molar-refractivity contribution in [2.75, 3.05) is 15.9 Å². The fourth-order valence-electron chi connectivity index (χ4n) is 4.56. The molecular formula is C26H25N5O2S2. The number of hydrogen-bond acceptors (Lipinski definition) is 4. The first kappa shape index (κ1) is 23.1. The van der Waals surface area contributed by atoms with Crippen LogP contribution in [0.15, 0.2) is 91.1 Å². The highest BCUT2D eigenvalue weighted by atomic mass is 32.2. The van der Waals surface area contributed by atoms with E-state index in [-0.39, 0.29) is 12.1 Å². The Balaban J connectivity index is 1.63. The Labute approximate surface area is 210 Å². The van der Waals surface area contributed by atoms with Gasteiger partial charge >= 0.3 is 0 Å². The average Bonchev–Trinajstić information content (AvgIpc) is 3.39. The molecule has 178 valence electrons. The number of aryl methyl sites for hydroxylation is 1. The van der Waals surface area contributed by atoms with Gasteiger partial charge in [0.25, 0.3) is 0 Å². The maximum Gasteiger partial charge on any atom is 0.229 e. The molecule has 0 saturated carbocycles. The van der Waals surface area contributed by atoms with Gasteiger partial charge in [-0.05, 0) is 79.8 Å². The van der Waals surface area contributed by atoms with Crippen molar-refractivity contribution in [3.63, 3.8) is 0 Å². The van der Waals surface area contributed by atoms with Gasteiger partial charge in [0.15, 0.2) is 5.11 Å². The van der Waals surface area contributed by atoms with E-state index in [2.05, 4.69) is 55.7 Å². The molecule has 1 fully saturated rings. The van der Waals surface area contributed by atoms with Gasteiger partial charge in [-0.3, -0.25) is 9.71 Å². The highest BCUT2D eigenvalue weighted by Crippen LogP contribution is 2.43. The van der Waals surface area contributed by atoms with Gasteiger partial charge in [0.05, 0.1) is 18.0 Å². The lowest BCUT2D eigenvalue weighted by molar-refractivity contribution is 0.548. The highest BCUT2D eigenvalue weighted by Gasteiger charge is 2.42. The Morgan fingerprint density at radius 1 is 0.914 bits per heavy atom. The number of anilines is 2. The molecule has 2 unspecified atom stereocenters. The van der Waals surface area contributed by atoms with E-state index in [9.17, 15) is 8.42 Å². The van der Waals surface area contributed by atoms with E-state index < -0.39 is 10.0 Å². The number of benzene rings is 2. The van der Waals surface area contributed by atoms with Crippen molar-refractivity contribution >= 4 is 38.7 Å². The Hall–Kier alpha value is -3.69. The summed E-state index contributed by atoms with van der Waals surface area (Å²) in [4.78, 5) is 6.70. The summed E-state index contributed by atoms with van der Waals surface area (Å²) in [7, 11) is -3.37. The Morgan fingerprint density at radius 2 is 1.63 bits per heavy atom. The van der Waals surface area contributed by atoms with Crippen LogP contribution in [0.1, 0.15) is 29.2 Å². The third-order valence-electron chi connectivity index (χ3n) is 5.97. The lowest BCUT2D eigenvalue weighted by Crippen LogP contribution is -2.30. The molecule has 4 aromatic rings. The lowest BCUT2D eigenvalue weighted by atomic mass is 10.0. The van der Waals surface area contributed by atoms with Crippen LogP contribution in [-0.2, 0) is 10.0 Å². The molecule has 5 rings (SSSR count). The number of nitrogens with zero attached hydrogens (tertiary/aromatic N) is 3. The summed E-state index contributed by atoms with van der Waals surface area (Å²) >= 11 is 5.83. The molecule has 9 heteroatoms. The average molecular weight is 504 g/mol. The van der Waals surface area contributed by atoms with Crippen LogP contribution in [0.25, 0.3) is 5.69 Å². The second kappa shape index (κ2) is 9.16. The predicted molar refractivity (Wildman–Crippen MR) is 143 cm³/mol. The zero-order valence-electron chi connectivity index (χ0n) is 19.3. The number of hydrogen-bond donors (Lipinski definition) is 2. The Morgan fingerprint density at radius 3 is 2.29 bits per heavy atom. The number of rotatable bonds is 6. The van der Waals surface area contributed by atoms with Crippen molar-refractivity contribution in [3.05, 3.63) is 108 Å². The summed E-state index contributed by atoms with van der Waals surface area (Å²) < 4.78 is 28.0. The van der Waals surface area contributed by atoms with Crippen LogP contribution in [-0.4, -0.2) is 29.3 Å². The second-order valence-electron chi connectivity index (χ2n) is 8.49.